The number of aryl methyl sites for hydroxylation is 1. The van der Waals surface area contributed by atoms with Gasteiger partial charge in [0, 0.05) is 6.54 Å². The molecule has 2 heterocycles. The minimum absolute atomic E-state index is 0.110. The fourth-order valence-corrected chi connectivity index (χ4v) is 3.26. The Bertz CT molecular complexity index is 587. The first-order chi connectivity index (χ1) is 9.74. The lowest BCUT2D eigenvalue weighted by atomic mass is 9.96. The van der Waals surface area contributed by atoms with E-state index in [9.17, 15) is 23.7 Å². The van der Waals surface area contributed by atoms with E-state index in [0.29, 0.717) is 0 Å². The van der Waals surface area contributed by atoms with E-state index < -0.39 is 40.5 Å². The second-order valence-corrected chi connectivity index (χ2v) is 6.68. The molecule has 120 valence electrons. The number of hydrogen-bond acceptors (Lipinski definition) is 8. The Labute approximate surface area is 121 Å². The summed E-state index contributed by atoms with van der Waals surface area (Å²) in [5.41, 5.74) is 0. The highest BCUT2D eigenvalue weighted by molar-refractivity contribution is 7.89. The SMILES string of the molecule is Cc1oncc1S(=O)(=O)NC[C@H]1OC(C)[C@@H](O)C(O)C1O. The number of hydrogen-bond donors (Lipinski definition) is 4. The minimum Gasteiger partial charge on any atom is -0.388 e. The van der Waals surface area contributed by atoms with E-state index in [4.69, 9.17) is 4.74 Å². The Hall–Kier alpha value is -1.04. The van der Waals surface area contributed by atoms with Gasteiger partial charge in [-0.2, -0.15) is 0 Å². The van der Waals surface area contributed by atoms with E-state index in [2.05, 4.69) is 14.4 Å². The number of rotatable bonds is 4. The first-order valence-corrected chi connectivity index (χ1v) is 7.83. The fraction of sp³-hybridized carbons (Fsp3) is 0.727. The Morgan fingerprint density at radius 2 is 1.95 bits per heavy atom. The summed E-state index contributed by atoms with van der Waals surface area (Å²) in [6.45, 7) is 2.71. The zero-order chi connectivity index (χ0) is 15.8. The van der Waals surface area contributed by atoms with Crippen LogP contribution in [0.1, 0.15) is 12.7 Å². The van der Waals surface area contributed by atoms with Gasteiger partial charge in [0.25, 0.3) is 0 Å². The molecule has 5 atom stereocenters. The molecule has 10 heteroatoms. The van der Waals surface area contributed by atoms with Crippen LogP contribution in [0.15, 0.2) is 15.6 Å². The highest BCUT2D eigenvalue weighted by Crippen LogP contribution is 2.21. The maximum atomic E-state index is 12.0. The van der Waals surface area contributed by atoms with Crippen molar-refractivity contribution in [2.24, 2.45) is 0 Å². The third-order valence-corrected chi connectivity index (χ3v) is 4.94. The Kier molecular flexibility index (Phi) is 4.66. The standard InChI is InChI=1S/C11H18N2O7S/c1-5-8(4-12-20-5)21(17,18)13-3-7-10(15)11(16)9(14)6(2)19-7/h4,6-7,9-11,13-16H,3H2,1-2H3/t6?,7-,9-,10?,11?/m1/s1. The van der Waals surface area contributed by atoms with Crippen molar-refractivity contribution in [3.63, 3.8) is 0 Å². The van der Waals surface area contributed by atoms with Crippen LogP contribution in [0, 0.1) is 6.92 Å². The molecule has 0 spiro atoms. The van der Waals surface area contributed by atoms with Crippen LogP contribution in [0.5, 0.6) is 0 Å². The predicted octanol–water partition coefficient (Wildman–Crippen LogP) is -1.87. The van der Waals surface area contributed by atoms with Gasteiger partial charge in [-0.25, -0.2) is 13.1 Å². The largest absolute Gasteiger partial charge is 0.388 e. The van der Waals surface area contributed by atoms with Crippen LogP contribution in [-0.4, -0.2) is 66.0 Å². The van der Waals surface area contributed by atoms with Gasteiger partial charge in [0.05, 0.1) is 12.3 Å². The van der Waals surface area contributed by atoms with Gasteiger partial charge in [-0.15, -0.1) is 0 Å². The molecule has 1 saturated heterocycles. The van der Waals surface area contributed by atoms with Gasteiger partial charge in [-0.05, 0) is 13.8 Å². The van der Waals surface area contributed by atoms with E-state index in [1.165, 1.54) is 13.8 Å². The smallest absolute Gasteiger partial charge is 0.245 e. The Morgan fingerprint density at radius 1 is 1.29 bits per heavy atom. The molecule has 1 aromatic rings. The van der Waals surface area contributed by atoms with Crippen molar-refractivity contribution in [3.8, 4) is 0 Å². The second kappa shape index (κ2) is 5.99. The van der Waals surface area contributed by atoms with Gasteiger partial charge in [0.1, 0.15) is 29.3 Å². The lowest BCUT2D eigenvalue weighted by molar-refractivity contribution is -0.214. The van der Waals surface area contributed by atoms with Gasteiger partial charge in [0.15, 0.2) is 5.76 Å². The highest BCUT2D eigenvalue weighted by Gasteiger charge is 2.42. The van der Waals surface area contributed by atoms with Crippen LogP contribution < -0.4 is 4.72 Å². The molecule has 0 amide bonds. The summed E-state index contributed by atoms with van der Waals surface area (Å²) in [7, 11) is -3.86. The molecular formula is C11H18N2O7S. The first-order valence-electron chi connectivity index (χ1n) is 6.34. The van der Waals surface area contributed by atoms with Crippen molar-refractivity contribution in [2.45, 2.75) is 49.3 Å². The summed E-state index contributed by atoms with van der Waals surface area (Å²) in [6.07, 6.45) is -4.67. The molecule has 1 aromatic heterocycles. The molecule has 0 aromatic carbocycles. The third kappa shape index (κ3) is 3.25. The minimum atomic E-state index is -3.86. The topological polar surface area (TPSA) is 142 Å². The van der Waals surface area contributed by atoms with Crippen LogP contribution in [0.25, 0.3) is 0 Å². The Balaban J connectivity index is 2.04. The van der Waals surface area contributed by atoms with E-state index in [-0.39, 0.29) is 17.2 Å². The van der Waals surface area contributed by atoms with Gasteiger partial charge >= 0.3 is 0 Å². The summed E-state index contributed by atoms with van der Waals surface area (Å²) < 4.78 is 36.3. The summed E-state index contributed by atoms with van der Waals surface area (Å²) in [4.78, 5) is -0.110. The molecule has 0 saturated carbocycles. The fourth-order valence-electron chi connectivity index (χ4n) is 2.12. The van der Waals surface area contributed by atoms with Gasteiger partial charge < -0.3 is 24.6 Å². The number of aromatic nitrogens is 1. The van der Waals surface area contributed by atoms with Crippen molar-refractivity contribution >= 4 is 10.0 Å². The zero-order valence-corrected chi connectivity index (χ0v) is 12.3. The number of sulfonamides is 1. The summed E-state index contributed by atoms with van der Waals surface area (Å²) in [6, 6.07) is 0. The van der Waals surface area contributed by atoms with Crippen molar-refractivity contribution in [3.05, 3.63) is 12.0 Å². The number of aliphatic hydroxyl groups excluding tert-OH is 3. The van der Waals surface area contributed by atoms with E-state index in [0.717, 1.165) is 6.20 Å². The molecule has 2 rings (SSSR count). The zero-order valence-electron chi connectivity index (χ0n) is 11.5. The van der Waals surface area contributed by atoms with Crippen LogP contribution in [0.3, 0.4) is 0 Å². The van der Waals surface area contributed by atoms with E-state index in [1.54, 1.807) is 0 Å². The van der Waals surface area contributed by atoms with Crippen molar-refractivity contribution in [1.82, 2.24) is 9.88 Å². The molecule has 0 radical (unpaired) electrons. The van der Waals surface area contributed by atoms with Crippen LogP contribution in [0.4, 0.5) is 0 Å². The summed E-state index contributed by atoms with van der Waals surface area (Å²) in [5.74, 6) is 0.136. The van der Waals surface area contributed by atoms with Crippen LogP contribution >= 0.6 is 0 Å². The van der Waals surface area contributed by atoms with Crippen molar-refractivity contribution in [2.75, 3.05) is 6.54 Å². The molecule has 0 aliphatic carbocycles. The molecule has 3 unspecified atom stereocenters. The monoisotopic (exact) mass is 322 g/mol. The number of aliphatic hydroxyl groups is 3. The van der Waals surface area contributed by atoms with Crippen molar-refractivity contribution in [1.29, 1.82) is 0 Å². The van der Waals surface area contributed by atoms with Crippen molar-refractivity contribution < 1.29 is 33.0 Å². The van der Waals surface area contributed by atoms with Gasteiger partial charge in [-0.1, -0.05) is 5.16 Å². The molecule has 4 N–H and O–H groups in total. The number of ether oxygens (including phenoxy) is 1. The molecule has 1 aliphatic rings. The normalized spacial score (nSPS) is 34.0. The average Bonchev–Trinajstić information content (AvgIpc) is 2.86. The molecule has 1 aliphatic heterocycles. The molecule has 1 fully saturated rings. The van der Waals surface area contributed by atoms with Crippen LogP contribution in [0.2, 0.25) is 0 Å². The van der Waals surface area contributed by atoms with E-state index >= 15 is 0 Å². The number of nitrogens with one attached hydrogen (secondary N) is 1. The highest BCUT2D eigenvalue weighted by atomic mass is 32.2. The Morgan fingerprint density at radius 3 is 2.52 bits per heavy atom. The van der Waals surface area contributed by atoms with Gasteiger partial charge in [0.2, 0.25) is 10.0 Å². The summed E-state index contributed by atoms with van der Waals surface area (Å²) >= 11 is 0. The second-order valence-electron chi connectivity index (χ2n) is 4.95. The van der Waals surface area contributed by atoms with Crippen LogP contribution in [-0.2, 0) is 14.8 Å². The quantitative estimate of drug-likeness (QED) is 0.505. The molecule has 0 bridgehead atoms. The maximum absolute atomic E-state index is 12.0. The number of nitrogens with zero attached hydrogens (tertiary/aromatic N) is 1. The van der Waals surface area contributed by atoms with Gasteiger partial charge in [-0.3, -0.25) is 0 Å². The summed E-state index contributed by atoms with van der Waals surface area (Å²) in [5, 5.41) is 32.4. The average molecular weight is 322 g/mol. The third-order valence-electron chi connectivity index (χ3n) is 3.42. The lowest BCUT2D eigenvalue weighted by Gasteiger charge is -2.39. The van der Waals surface area contributed by atoms with E-state index in [1.807, 2.05) is 0 Å². The lowest BCUT2D eigenvalue weighted by Crippen LogP contribution is -2.59. The molecule has 21 heavy (non-hydrogen) atoms. The molecule has 9 nitrogen and oxygen atoms in total. The maximum Gasteiger partial charge on any atom is 0.245 e. The molecular weight excluding hydrogens is 304 g/mol. The predicted molar refractivity (Wildman–Crippen MR) is 68.8 cm³/mol. The first kappa shape index (κ1) is 16.3.